The molecule has 3 rings (SSSR count). The number of methoxy groups -OCH3 is 1. The van der Waals surface area contributed by atoms with Crippen molar-refractivity contribution in [3.63, 3.8) is 0 Å². The Morgan fingerprint density at radius 3 is 2.81 bits per heavy atom. The molecule has 21 heavy (non-hydrogen) atoms. The molecule has 2 heterocycles. The summed E-state index contributed by atoms with van der Waals surface area (Å²) < 4.78 is 11.8. The maximum Gasteiger partial charge on any atom is 0.337 e. The van der Waals surface area contributed by atoms with Gasteiger partial charge in [0.05, 0.1) is 18.1 Å². The molecular formula is C14H11N3O4. The minimum absolute atomic E-state index is 0.217. The lowest BCUT2D eigenvalue weighted by atomic mass is 10.1. The van der Waals surface area contributed by atoms with Gasteiger partial charge in [0.25, 0.3) is 0 Å². The molecule has 0 aliphatic heterocycles. The molecule has 0 radical (unpaired) electrons. The first-order valence-corrected chi connectivity index (χ1v) is 6.11. The highest BCUT2D eigenvalue weighted by atomic mass is 16.5. The van der Waals surface area contributed by atoms with E-state index in [0.29, 0.717) is 22.4 Å². The van der Waals surface area contributed by atoms with Gasteiger partial charge in [-0.3, -0.25) is 4.79 Å². The van der Waals surface area contributed by atoms with Gasteiger partial charge < -0.3 is 9.15 Å². The third kappa shape index (κ3) is 2.18. The minimum Gasteiger partial charge on any atom is -0.465 e. The molecule has 0 saturated carbocycles. The Morgan fingerprint density at radius 1 is 1.33 bits per heavy atom. The van der Waals surface area contributed by atoms with Crippen molar-refractivity contribution < 1.29 is 13.9 Å². The van der Waals surface area contributed by atoms with Gasteiger partial charge in [-0.15, -0.1) is 0 Å². The van der Waals surface area contributed by atoms with Crippen LogP contribution in [0.5, 0.6) is 0 Å². The second-order valence-electron chi connectivity index (χ2n) is 4.38. The molecule has 3 aromatic rings. The van der Waals surface area contributed by atoms with Crippen LogP contribution in [-0.4, -0.2) is 27.8 Å². The van der Waals surface area contributed by atoms with Crippen molar-refractivity contribution in [2.45, 2.75) is 0 Å². The molecule has 0 atom stereocenters. The van der Waals surface area contributed by atoms with Crippen molar-refractivity contribution in [3.8, 4) is 11.6 Å². The van der Waals surface area contributed by atoms with Crippen molar-refractivity contribution >= 4 is 16.9 Å². The maximum atomic E-state index is 12.1. The summed E-state index contributed by atoms with van der Waals surface area (Å²) in [5.41, 5.74) is 0.386. The third-order valence-corrected chi connectivity index (χ3v) is 3.08. The monoisotopic (exact) mass is 285 g/mol. The van der Waals surface area contributed by atoms with Gasteiger partial charge in [0, 0.05) is 13.1 Å². The molecule has 106 valence electrons. The first-order chi connectivity index (χ1) is 10.1. The summed E-state index contributed by atoms with van der Waals surface area (Å²) in [5, 5.41) is 4.31. The number of esters is 1. The SMILES string of the molecule is COC(=O)c1ccc2c(=O)cc(-c3ncnn3C)oc2c1. The zero-order chi connectivity index (χ0) is 15.0. The van der Waals surface area contributed by atoms with Crippen molar-refractivity contribution in [3.05, 3.63) is 46.4 Å². The van der Waals surface area contributed by atoms with E-state index in [9.17, 15) is 9.59 Å². The van der Waals surface area contributed by atoms with Crippen molar-refractivity contribution in [1.82, 2.24) is 14.8 Å². The van der Waals surface area contributed by atoms with E-state index in [4.69, 9.17) is 4.42 Å². The van der Waals surface area contributed by atoms with E-state index in [2.05, 4.69) is 14.8 Å². The first kappa shape index (κ1) is 13.0. The standard InChI is InChI=1S/C14H11N3O4/c1-17-13(15-7-16-17)12-6-10(18)9-4-3-8(14(19)20-2)5-11(9)21-12/h3-7H,1-2H3. The predicted molar refractivity (Wildman–Crippen MR) is 73.8 cm³/mol. The fraction of sp³-hybridized carbons (Fsp3) is 0.143. The number of aryl methyl sites for hydroxylation is 1. The van der Waals surface area contributed by atoms with Crippen LogP contribution in [-0.2, 0) is 11.8 Å². The second kappa shape index (κ2) is 4.86. The molecule has 7 nitrogen and oxygen atoms in total. The third-order valence-electron chi connectivity index (χ3n) is 3.08. The predicted octanol–water partition coefficient (Wildman–Crippen LogP) is 1.38. The van der Waals surface area contributed by atoms with E-state index in [-0.39, 0.29) is 11.2 Å². The average molecular weight is 285 g/mol. The number of aromatic nitrogens is 3. The number of fused-ring (bicyclic) bond motifs is 1. The van der Waals surface area contributed by atoms with Crippen LogP contribution in [0, 0.1) is 0 Å². The topological polar surface area (TPSA) is 87.2 Å². The fourth-order valence-electron chi connectivity index (χ4n) is 2.03. The van der Waals surface area contributed by atoms with E-state index in [0.717, 1.165) is 0 Å². The van der Waals surface area contributed by atoms with Crippen LogP contribution in [0.3, 0.4) is 0 Å². The Labute approximate surface area is 118 Å². The molecule has 1 aromatic carbocycles. The Kier molecular flexibility index (Phi) is 3.02. The van der Waals surface area contributed by atoms with Gasteiger partial charge in [-0.1, -0.05) is 0 Å². The number of ether oxygens (including phenoxy) is 1. The molecule has 2 aromatic heterocycles. The number of rotatable bonds is 2. The molecule has 0 bridgehead atoms. The van der Waals surface area contributed by atoms with E-state index in [1.807, 2.05) is 0 Å². The summed E-state index contributed by atoms with van der Waals surface area (Å²) in [6.45, 7) is 0. The minimum atomic E-state index is -0.497. The summed E-state index contributed by atoms with van der Waals surface area (Å²) in [5.74, 6) is 0.218. The van der Waals surface area contributed by atoms with Gasteiger partial charge in [0.1, 0.15) is 11.9 Å². The summed E-state index contributed by atoms with van der Waals surface area (Å²) in [6.07, 6.45) is 1.37. The summed E-state index contributed by atoms with van der Waals surface area (Å²) in [4.78, 5) is 27.7. The highest BCUT2D eigenvalue weighted by Crippen LogP contribution is 2.21. The quantitative estimate of drug-likeness (QED) is 0.661. The van der Waals surface area contributed by atoms with Crippen LogP contribution in [0.15, 0.2) is 39.8 Å². The van der Waals surface area contributed by atoms with Gasteiger partial charge in [0.2, 0.25) is 0 Å². The first-order valence-electron chi connectivity index (χ1n) is 6.11. The van der Waals surface area contributed by atoms with E-state index in [1.165, 1.54) is 42.4 Å². The number of carbonyl (C=O) groups is 1. The Hall–Kier alpha value is -2.96. The molecule has 0 saturated heterocycles. The number of hydrogen-bond acceptors (Lipinski definition) is 6. The second-order valence-corrected chi connectivity index (χ2v) is 4.38. The molecule has 0 aliphatic rings. The van der Waals surface area contributed by atoms with Crippen LogP contribution in [0.1, 0.15) is 10.4 Å². The van der Waals surface area contributed by atoms with Crippen molar-refractivity contribution in [2.24, 2.45) is 7.05 Å². The number of nitrogens with zero attached hydrogens (tertiary/aromatic N) is 3. The molecule has 0 unspecified atom stereocenters. The molecule has 0 spiro atoms. The zero-order valence-corrected chi connectivity index (χ0v) is 11.4. The number of benzene rings is 1. The highest BCUT2D eigenvalue weighted by molar-refractivity contribution is 5.93. The van der Waals surface area contributed by atoms with E-state index < -0.39 is 5.97 Å². The summed E-state index contributed by atoms with van der Waals surface area (Å²) in [7, 11) is 2.98. The lowest BCUT2D eigenvalue weighted by Crippen LogP contribution is -2.05. The van der Waals surface area contributed by atoms with Crippen LogP contribution >= 0.6 is 0 Å². The molecule has 0 N–H and O–H groups in total. The summed E-state index contributed by atoms with van der Waals surface area (Å²) in [6, 6.07) is 5.88. The van der Waals surface area contributed by atoms with Gasteiger partial charge in [0.15, 0.2) is 17.0 Å². The van der Waals surface area contributed by atoms with Gasteiger partial charge in [-0.25, -0.2) is 14.5 Å². The molecule has 0 fully saturated rings. The lowest BCUT2D eigenvalue weighted by Gasteiger charge is -2.04. The number of carbonyl (C=O) groups excluding carboxylic acids is 1. The van der Waals surface area contributed by atoms with Crippen LogP contribution in [0.2, 0.25) is 0 Å². The molecule has 0 amide bonds. The normalized spacial score (nSPS) is 10.8. The fourth-order valence-corrected chi connectivity index (χ4v) is 2.03. The molecule has 0 aliphatic carbocycles. The Bertz CT molecular complexity index is 895. The smallest absolute Gasteiger partial charge is 0.337 e. The maximum absolute atomic E-state index is 12.1. The van der Waals surface area contributed by atoms with Crippen LogP contribution in [0.4, 0.5) is 0 Å². The van der Waals surface area contributed by atoms with E-state index in [1.54, 1.807) is 7.05 Å². The highest BCUT2D eigenvalue weighted by Gasteiger charge is 2.13. The Balaban J connectivity index is 2.24. The van der Waals surface area contributed by atoms with Crippen molar-refractivity contribution in [1.29, 1.82) is 0 Å². The van der Waals surface area contributed by atoms with Crippen LogP contribution in [0.25, 0.3) is 22.6 Å². The zero-order valence-electron chi connectivity index (χ0n) is 11.4. The summed E-state index contributed by atoms with van der Waals surface area (Å²) >= 11 is 0. The lowest BCUT2D eigenvalue weighted by molar-refractivity contribution is 0.0601. The van der Waals surface area contributed by atoms with Gasteiger partial charge >= 0.3 is 5.97 Å². The van der Waals surface area contributed by atoms with E-state index >= 15 is 0 Å². The largest absolute Gasteiger partial charge is 0.465 e. The average Bonchev–Trinajstić information content (AvgIpc) is 2.92. The Morgan fingerprint density at radius 2 is 2.14 bits per heavy atom. The molecular weight excluding hydrogens is 274 g/mol. The van der Waals surface area contributed by atoms with Gasteiger partial charge in [-0.05, 0) is 18.2 Å². The number of hydrogen-bond donors (Lipinski definition) is 0. The van der Waals surface area contributed by atoms with Crippen molar-refractivity contribution in [2.75, 3.05) is 7.11 Å². The van der Waals surface area contributed by atoms with Crippen LogP contribution < -0.4 is 5.43 Å². The van der Waals surface area contributed by atoms with Gasteiger partial charge in [-0.2, -0.15) is 5.10 Å². The molecule has 7 heteroatoms.